The van der Waals surface area contributed by atoms with Crippen molar-refractivity contribution in [2.75, 3.05) is 13.2 Å². The number of hydrogen-bond donors (Lipinski definition) is 0. The first kappa shape index (κ1) is 17.2. The maximum atomic E-state index is 11.1. The van der Waals surface area contributed by atoms with Gasteiger partial charge < -0.3 is 9.47 Å². The van der Waals surface area contributed by atoms with Crippen LogP contribution < -0.4 is 4.74 Å². The van der Waals surface area contributed by atoms with Gasteiger partial charge in [-0.15, -0.1) is 0 Å². The molecule has 3 nitrogen and oxygen atoms in total. The largest absolute Gasteiger partial charge is 0.491 e. The fourth-order valence-corrected chi connectivity index (χ4v) is 2.54. The van der Waals surface area contributed by atoms with Crippen LogP contribution >= 0.6 is 34.2 Å². The van der Waals surface area contributed by atoms with E-state index in [-0.39, 0.29) is 6.42 Å². The van der Waals surface area contributed by atoms with Gasteiger partial charge in [0.1, 0.15) is 12.4 Å². The zero-order chi connectivity index (χ0) is 15.8. The van der Waals surface area contributed by atoms with E-state index in [4.69, 9.17) is 21.1 Å². The van der Waals surface area contributed by atoms with Crippen LogP contribution in [-0.2, 0) is 22.6 Å². The Balaban J connectivity index is 1.81. The van der Waals surface area contributed by atoms with E-state index >= 15 is 0 Å². The average Bonchev–Trinajstić information content (AvgIpc) is 2.50. The molecular formula is C17H16ClIO3. The molecule has 0 spiro atoms. The first-order valence-electron chi connectivity index (χ1n) is 6.86. The van der Waals surface area contributed by atoms with Gasteiger partial charge >= 0.3 is 0 Å². The first-order valence-corrected chi connectivity index (χ1v) is 8.32. The van der Waals surface area contributed by atoms with E-state index in [1.54, 1.807) is 0 Å². The number of carbonyl (C=O) groups is 1. The highest BCUT2D eigenvalue weighted by Gasteiger charge is 2.08. The van der Waals surface area contributed by atoms with Gasteiger partial charge in [0, 0.05) is 9.13 Å². The number of ether oxygens (including phenoxy) is 2. The Hall–Kier alpha value is -1.11. The van der Waals surface area contributed by atoms with Crippen molar-refractivity contribution < 1.29 is 14.3 Å². The molecule has 0 saturated heterocycles. The molecule has 0 aliphatic rings. The normalized spacial score (nSPS) is 10.5. The van der Waals surface area contributed by atoms with Gasteiger partial charge in [0.05, 0.1) is 19.6 Å². The Morgan fingerprint density at radius 1 is 1.09 bits per heavy atom. The van der Waals surface area contributed by atoms with Gasteiger partial charge in [-0.1, -0.05) is 36.4 Å². The maximum Gasteiger partial charge on any atom is 0.226 e. The van der Waals surface area contributed by atoms with E-state index in [0.29, 0.717) is 25.6 Å². The quantitative estimate of drug-likeness (QED) is 0.358. The smallest absolute Gasteiger partial charge is 0.226 e. The van der Waals surface area contributed by atoms with E-state index in [1.165, 1.54) is 0 Å². The summed E-state index contributed by atoms with van der Waals surface area (Å²) in [4.78, 5) is 11.1. The number of hydrogen-bond acceptors (Lipinski definition) is 3. The van der Waals surface area contributed by atoms with Crippen molar-refractivity contribution >= 4 is 39.4 Å². The third-order valence-electron chi connectivity index (χ3n) is 2.96. The molecule has 0 N–H and O–H groups in total. The second kappa shape index (κ2) is 9.12. The summed E-state index contributed by atoms with van der Waals surface area (Å²) in [6.45, 7) is 1.47. The molecule has 2 aromatic carbocycles. The Morgan fingerprint density at radius 3 is 2.59 bits per heavy atom. The molecule has 0 heterocycles. The van der Waals surface area contributed by atoms with Crippen LogP contribution in [0.1, 0.15) is 11.1 Å². The van der Waals surface area contributed by atoms with Crippen molar-refractivity contribution in [1.82, 2.24) is 0 Å². The molecular weight excluding hydrogens is 415 g/mol. The summed E-state index contributed by atoms with van der Waals surface area (Å²) >= 11 is 7.66. The third-order valence-corrected chi connectivity index (χ3v) is 3.76. The summed E-state index contributed by atoms with van der Waals surface area (Å²) < 4.78 is 12.3. The summed E-state index contributed by atoms with van der Waals surface area (Å²) in [5.74, 6) is 0.684. The topological polar surface area (TPSA) is 35.5 Å². The monoisotopic (exact) mass is 430 g/mol. The Kier molecular flexibility index (Phi) is 7.15. The molecule has 0 fully saturated rings. The fraction of sp³-hybridized carbons (Fsp3) is 0.235. The van der Waals surface area contributed by atoms with Crippen LogP contribution in [0.25, 0.3) is 0 Å². The zero-order valence-corrected chi connectivity index (χ0v) is 14.8. The molecule has 2 aromatic rings. The van der Waals surface area contributed by atoms with Crippen molar-refractivity contribution in [2.45, 2.75) is 13.0 Å². The number of rotatable bonds is 8. The van der Waals surface area contributed by atoms with Gasteiger partial charge in [-0.2, -0.15) is 0 Å². The summed E-state index contributed by atoms with van der Waals surface area (Å²) in [6.07, 6.45) is 0.165. The van der Waals surface area contributed by atoms with Crippen LogP contribution in [0.3, 0.4) is 0 Å². The van der Waals surface area contributed by atoms with Crippen LogP contribution in [0.4, 0.5) is 0 Å². The van der Waals surface area contributed by atoms with Gasteiger partial charge in [0.25, 0.3) is 0 Å². The molecule has 0 aliphatic carbocycles. The minimum atomic E-state index is -0.397. The average molecular weight is 431 g/mol. The van der Waals surface area contributed by atoms with E-state index in [0.717, 1.165) is 14.7 Å². The van der Waals surface area contributed by atoms with Gasteiger partial charge in [-0.3, -0.25) is 4.79 Å². The minimum absolute atomic E-state index is 0.165. The second-order valence-electron chi connectivity index (χ2n) is 4.67. The molecule has 0 bridgehead atoms. The van der Waals surface area contributed by atoms with Crippen molar-refractivity contribution in [3.8, 4) is 5.75 Å². The maximum absolute atomic E-state index is 11.1. The molecule has 2 rings (SSSR count). The lowest BCUT2D eigenvalue weighted by molar-refractivity contribution is -0.111. The first-order chi connectivity index (χ1) is 10.6. The number of benzene rings is 2. The summed E-state index contributed by atoms with van der Waals surface area (Å²) in [7, 11) is 0. The van der Waals surface area contributed by atoms with E-state index < -0.39 is 5.24 Å². The minimum Gasteiger partial charge on any atom is -0.491 e. The standard InChI is InChI=1S/C17H16ClIO3/c18-17(20)10-14-6-7-15(19)11-16(14)22-9-8-21-12-13-4-2-1-3-5-13/h1-7,11H,8-10,12H2. The van der Waals surface area contributed by atoms with Crippen LogP contribution in [0.15, 0.2) is 48.5 Å². The molecule has 0 unspecified atom stereocenters. The van der Waals surface area contributed by atoms with Crippen LogP contribution in [-0.4, -0.2) is 18.5 Å². The summed E-state index contributed by atoms with van der Waals surface area (Å²) in [5, 5.41) is -0.397. The molecule has 0 atom stereocenters. The van der Waals surface area contributed by atoms with E-state index in [2.05, 4.69) is 22.6 Å². The van der Waals surface area contributed by atoms with Crippen molar-refractivity contribution in [3.05, 3.63) is 63.2 Å². The lowest BCUT2D eigenvalue weighted by atomic mass is 10.1. The molecule has 5 heteroatoms. The van der Waals surface area contributed by atoms with Gasteiger partial charge in [0.2, 0.25) is 5.24 Å². The van der Waals surface area contributed by atoms with Gasteiger partial charge in [-0.25, -0.2) is 0 Å². The fourth-order valence-electron chi connectivity index (χ4n) is 1.93. The van der Waals surface area contributed by atoms with Gasteiger partial charge in [0.15, 0.2) is 0 Å². The lowest BCUT2D eigenvalue weighted by Crippen LogP contribution is -2.09. The van der Waals surface area contributed by atoms with Crippen LogP contribution in [0.5, 0.6) is 5.75 Å². The third kappa shape index (κ3) is 5.94. The zero-order valence-electron chi connectivity index (χ0n) is 11.9. The molecule has 0 saturated carbocycles. The van der Waals surface area contributed by atoms with Crippen molar-refractivity contribution in [1.29, 1.82) is 0 Å². The Bertz CT molecular complexity index is 617. The highest BCUT2D eigenvalue weighted by Crippen LogP contribution is 2.23. The van der Waals surface area contributed by atoms with Crippen LogP contribution in [0, 0.1) is 3.57 Å². The molecule has 22 heavy (non-hydrogen) atoms. The lowest BCUT2D eigenvalue weighted by Gasteiger charge is -2.11. The molecule has 0 aromatic heterocycles. The highest BCUT2D eigenvalue weighted by atomic mass is 127. The summed E-state index contributed by atoms with van der Waals surface area (Å²) in [6, 6.07) is 15.7. The number of halogens is 2. The summed E-state index contributed by atoms with van der Waals surface area (Å²) in [5.41, 5.74) is 1.92. The SMILES string of the molecule is O=C(Cl)Cc1ccc(I)cc1OCCOCc1ccccc1. The van der Waals surface area contributed by atoms with Gasteiger partial charge in [-0.05, 0) is 51.9 Å². The molecule has 0 radical (unpaired) electrons. The van der Waals surface area contributed by atoms with Crippen molar-refractivity contribution in [3.63, 3.8) is 0 Å². The highest BCUT2D eigenvalue weighted by molar-refractivity contribution is 14.1. The predicted molar refractivity (Wildman–Crippen MR) is 95.3 cm³/mol. The molecule has 0 amide bonds. The Morgan fingerprint density at radius 2 is 1.86 bits per heavy atom. The molecule has 0 aliphatic heterocycles. The second-order valence-corrected chi connectivity index (χ2v) is 6.34. The number of carbonyl (C=O) groups excluding carboxylic acids is 1. The predicted octanol–water partition coefficient (Wildman–Crippen LogP) is 4.19. The van der Waals surface area contributed by atoms with E-state index in [9.17, 15) is 4.79 Å². The van der Waals surface area contributed by atoms with Crippen LogP contribution in [0.2, 0.25) is 0 Å². The van der Waals surface area contributed by atoms with Crippen molar-refractivity contribution in [2.24, 2.45) is 0 Å². The van der Waals surface area contributed by atoms with E-state index in [1.807, 2.05) is 48.5 Å². The Labute approximate surface area is 148 Å². The molecule has 116 valence electrons.